The first-order chi connectivity index (χ1) is 18.7. The molecule has 0 spiro atoms. The molecule has 3 heterocycles. The molecule has 0 radical (unpaired) electrons. The van der Waals surface area contributed by atoms with Crippen molar-refractivity contribution in [3.05, 3.63) is 59.7 Å². The van der Waals surface area contributed by atoms with E-state index < -0.39 is 22.2 Å². The molecule has 0 unspecified atom stereocenters. The Kier molecular flexibility index (Phi) is 7.01. The third-order valence-corrected chi connectivity index (χ3v) is 11.0. The molecular weight excluding hydrogens is 528 g/mol. The number of benzene rings is 2. The zero-order valence-electron chi connectivity index (χ0n) is 21.5. The van der Waals surface area contributed by atoms with Gasteiger partial charge in [-0.2, -0.15) is 4.31 Å². The highest BCUT2D eigenvalue weighted by Crippen LogP contribution is 2.42. The lowest BCUT2D eigenvalue weighted by molar-refractivity contribution is -0.286. The van der Waals surface area contributed by atoms with Crippen LogP contribution < -0.4 is 20.1 Å². The second kappa shape index (κ2) is 10.3. The van der Waals surface area contributed by atoms with Crippen molar-refractivity contribution in [2.45, 2.75) is 93.6 Å². The molecule has 3 atom stereocenters. The monoisotopic (exact) mass is 561 g/mol. The average Bonchev–Trinajstić information content (AvgIpc) is 3.39. The van der Waals surface area contributed by atoms with E-state index in [2.05, 4.69) is 32.2 Å². The van der Waals surface area contributed by atoms with E-state index in [1.54, 1.807) is 4.31 Å². The third-order valence-electron chi connectivity index (χ3n) is 8.49. The van der Waals surface area contributed by atoms with E-state index in [-0.39, 0.29) is 40.4 Å². The number of nitrogens with one attached hydrogen (secondary N) is 2. The summed E-state index contributed by atoms with van der Waals surface area (Å²) in [5, 5.41) is 6.19. The van der Waals surface area contributed by atoms with Gasteiger partial charge in [0.25, 0.3) is 5.91 Å². The van der Waals surface area contributed by atoms with Crippen LogP contribution in [0, 0.1) is 0 Å². The number of ether oxygens (including phenoxy) is 2. The van der Waals surface area contributed by atoms with Crippen molar-refractivity contribution in [3.63, 3.8) is 0 Å². The van der Waals surface area contributed by atoms with Crippen LogP contribution in [0.5, 0.6) is 11.5 Å². The first-order valence-electron chi connectivity index (χ1n) is 13.7. The largest absolute Gasteiger partial charge is 0.586 e. The van der Waals surface area contributed by atoms with Crippen molar-refractivity contribution in [1.29, 1.82) is 0 Å². The molecule has 2 bridgehead atoms. The van der Waals surface area contributed by atoms with Crippen LogP contribution in [0.15, 0.2) is 48.5 Å². The predicted molar refractivity (Wildman–Crippen MR) is 140 cm³/mol. The summed E-state index contributed by atoms with van der Waals surface area (Å²) in [6.45, 7) is 0.783. The lowest BCUT2D eigenvalue weighted by Crippen LogP contribution is -2.55. The van der Waals surface area contributed by atoms with Crippen molar-refractivity contribution in [2.75, 3.05) is 0 Å². The molecule has 2 aromatic carbocycles. The van der Waals surface area contributed by atoms with Crippen molar-refractivity contribution in [1.82, 2.24) is 14.9 Å². The molecule has 2 saturated heterocycles. The van der Waals surface area contributed by atoms with E-state index in [1.165, 1.54) is 23.8 Å². The maximum atomic E-state index is 13.7. The molecule has 2 N–H and O–H groups in total. The molecule has 39 heavy (non-hydrogen) atoms. The highest BCUT2D eigenvalue weighted by molar-refractivity contribution is 7.89. The highest BCUT2D eigenvalue weighted by atomic mass is 32.2. The zero-order valence-corrected chi connectivity index (χ0v) is 22.3. The summed E-state index contributed by atoms with van der Waals surface area (Å²) in [5.41, 5.74) is 1.41. The molecule has 0 aromatic heterocycles. The Hall–Kier alpha value is -2.76. The maximum absolute atomic E-state index is 13.7. The maximum Gasteiger partial charge on any atom is 0.586 e. The first-order valence-corrected chi connectivity index (χ1v) is 15.2. The van der Waals surface area contributed by atoms with Gasteiger partial charge in [0.2, 0.25) is 10.0 Å². The normalized spacial score (nSPS) is 29.7. The van der Waals surface area contributed by atoms with Crippen LogP contribution in [0.1, 0.15) is 67.3 Å². The minimum absolute atomic E-state index is 0.117. The van der Waals surface area contributed by atoms with Crippen LogP contribution in [0.25, 0.3) is 0 Å². The Morgan fingerprint density at radius 3 is 2.26 bits per heavy atom. The van der Waals surface area contributed by atoms with Gasteiger partial charge in [0.05, 0.1) is 5.25 Å². The predicted octanol–water partition coefficient (Wildman–Crippen LogP) is 4.16. The molecule has 3 fully saturated rings. The number of sulfonamides is 1. The number of carbonyl (C=O) groups is 1. The molecule has 1 amide bonds. The smallest absolute Gasteiger partial charge is 0.395 e. The molecule has 11 heteroatoms. The molecule has 4 aliphatic rings. The quantitative estimate of drug-likeness (QED) is 0.527. The number of alkyl halides is 2. The number of hydrogen-bond donors (Lipinski definition) is 2. The van der Waals surface area contributed by atoms with E-state index in [9.17, 15) is 22.0 Å². The van der Waals surface area contributed by atoms with Crippen LogP contribution in [0.4, 0.5) is 8.78 Å². The fraction of sp³-hybridized carbons (Fsp3) is 0.536. The summed E-state index contributed by atoms with van der Waals surface area (Å²) < 4.78 is 64.7. The van der Waals surface area contributed by atoms with Crippen LogP contribution in [-0.4, -0.2) is 54.3 Å². The number of rotatable bonds is 7. The fourth-order valence-corrected chi connectivity index (χ4v) is 9.05. The average molecular weight is 562 g/mol. The van der Waals surface area contributed by atoms with Crippen LogP contribution in [0.3, 0.4) is 0 Å². The first kappa shape index (κ1) is 26.5. The molecular formula is C28H33F2N3O5S. The van der Waals surface area contributed by atoms with Gasteiger partial charge >= 0.3 is 6.29 Å². The summed E-state index contributed by atoms with van der Waals surface area (Å²) >= 11 is 0. The zero-order chi connectivity index (χ0) is 27.2. The molecule has 8 nitrogen and oxygen atoms in total. The molecule has 1 aliphatic carbocycles. The highest BCUT2D eigenvalue weighted by Gasteiger charge is 2.50. The number of fused-ring (bicyclic) bond motifs is 3. The Morgan fingerprint density at radius 2 is 1.56 bits per heavy atom. The fourth-order valence-electron chi connectivity index (χ4n) is 6.62. The number of piperidine rings is 1. The number of amides is 1. The summed E-state index contributed by atoms with van der Waals surface area (Å²) in [5.74, 6) is -0.702. The van der Waals surface area contributed by atoms with E-state index in [4.69, 9.17) is 0 Å². The Morgan fingerprint density at radius 1 is 0.897 bits per heavy atom. The van der Waals surface area contributed by atoms with Crippen LogP contribution in [-0.2, 0) is 16.6 Å². The van der Waals surface area contributed by atoms with Gasteiger partial charge < -0.3 is 20.1 Å². The van der Waals surface area contributed by atoms with Crippen LogP contribution >= 0.6 is 0 Å². The Labute approximate surface area is 227 Å². The van der Waals surface area contributed by atoms with Gasteiger partial charge in [-0.3, -0.25) is 4.79 Å². The van der Waals surface area contributed by atoms with E-state index in [0.29, 0.717) is 31.7 Å². The van der Waals surface area contributed by atoms with Crippen LogP contribution in [0.2, 0.25) is 0 Å². The number of hydrogen-bond acceptors (Lipinski definition) is 6. The summed E-state index contributed by atoms with van der Waals surface area (Å²) in [6, 6.07) is 14.0. The van der Waals surface area contributed by atoms with Gasteiger partial charge in [0.15, 0.2) is 11.5 Å². The molecule has 1 saturated carbocycles. The number of nitrogens with zero attached hydrogens (tertiary/aromatic N) is 1. The topological polar surface area (TPSA) is 97.0 Å². The van der Waals surface area contributed by atoms with Gasteiger partial charge in [0, 0.05) is 36.3 Å². The minimum atomic E-state index is -3.74. The second-order valence-electron chi connectivity index (χ2n) is 11.1. The molecule has 6 rings (SSSR count). The van der Waals surface area contributed by atoms with E-state index >= 15 is 0 Å². The van der Waals surface area contributed by atoms with Crippen molar-refractivity contribution in [2.24, 2.45) is 0 Å². The van der Waals surface area contributed by atoms with Crippen molar-refractivity contribution in [3.8, 4) is 11.5 Å². The summed E-state index contributed by atoms with van der Waals surface area (Å²) in [7, 11) is -3.44. The lowest BCUT2D eigenvalue weighted by Gasteiger charge is -2.41. The molecule has 210 valence electrons. The standard InChI is InChI=1S/C28H33F2N3O5S/c29-28(30)37-25-13-6-19(14-26(25)38-28)27(34)32-21-15-22-9-10-23(16-21)33(22)39(35,36)24-11-7-20(8-12-24)31-17-18-4-2-1-3-5-18/h1-6,13-14,20-24,31H,7-12,15-17H2,(H,32,34)/t20?,21-,22+,23-,24?. The van der Waals surface area contributed by atoms with Gasteiger partial charge in [-0.05, 0) is 75.1 Å². The third kappa shape index (κ3) is 5.49. The van der Waals surface area contributed by atoms with Gasteiger partial charge in [0.1, 0.15) is 0 Å². The van der Waals surface area contributed by atoms with Gasteiger partial charge in [-0.25, -0.2) is 8.42 Å². The lowest BCUT2D eigenvalue weighted by atomic mass is 9.95. The molecule has 2 aromatic rings. The van der Waals surface area contributed by atoms with Crippen molar-refractivity contribution < 1.29 is 31.5 Å². The van der Waals surface area contributed by atoms with E-state index in [1.807, 2.05) is 18.2 Å². The Balaban J connectivity index is 1.03. The van der Waals surface area contributed by atoms with Crippen molar-refractivity contribution >= 4 is 15.9 Å². The summed E-state index contributed by atoms with van der Waals surface area (Å²) in [4.78, 5) is 12.9. The molecule has 3 aliphatic heterocycles. The SMILES string of the molecule is O=C(N[C@H]1C[C@H]2CC[C@@H](C1)N2S(=O)(=O)C1CCC(NCc2ccccc2)CC1)c1ccc2c(c1)OC(F)(F)O2. The number of carbonyl (C=O) groups excluding carboxylic acids is 1. The van der Waals surface area contributed by atoms with Gasteiger partial charge in [-0.1, -0.05) is 30.3 Å². The Bertz CT molecular complexity index is 1300. The van der Waals surface area contributed by atoms with E-state index in [0.717, 1.165) is 32.2 Å². The van der Waals surface area contributed by atoms with Gasteiger partial charge in [-0.15, -0.1) is 8.78 Å². The second-order valence-corrected chi connectivity index (χ2v) is 13.2. The summed E-state index contributed by atoms with van der Waals surface area (Å²) in [6.07, 6.45) is 1.86. The number of halogens is 2. The minimum Gasteiger partial charge on any atom is -0.395 e.